The van der Waals surface area contributed by atoms with E-state index < -0.39 is 15.8 Å². The van der Waals surface area contributed by atoms with Gasteiger partial charge >= 0.3 is 0 Å². The first kappa shape index (κ1) is 18.8. The molecule has 0 spiro atoms. The summed E-state index contributed by atoms with van der Waals surface area (Å²) in [7, 11) is -3.77. The Morgan fingerprint density at radius 1 is 1.25 bits per heavy atom. The first-order valence-corrected chi connectivity index (χ1v) is 10.3. The van der Waals surface area contributed by atoms with Crippen LogP contribution in [-0.2, 0) is 27.8 Å². The Bertz CT molecular complexity index is 1150. The molecule has 0 unspecified atom stereocenters. The van der Waals surface area contributed by atoms with Gasteiger partial charge in [0, 0.05) is 23.7 Å². The lowest BCUT2D eigenvalue weighted by atomic mass is 10.1. The third-order valence-electron chi connectivity index (χ3n) is 4.54. The summed E-state index contributed by atoms with van der Waals surface area (Å²) < 4.78 is 52.6. The van der Waals surface area contributed by atoms with Gasteiger partial charge in [-0.1, -0.05) is 12.1 Å². The van der Waals surface area contributed by atoms with E-state index in [1.807, 2.05) is 19.1 Å². The molecule has 0 bridgehead atoms. The molecule has 0 fully saturated rings. The number of para-hydroxylation sites is 1. The Labute approximate surface area is 162 Å². The summed E-state index contributed by atoms with van der Waals surface area (Å²) in [6, 6.07) is 9.66. The average Bonchev–Trinajstić information content (AvgIpc) is 2.67. The fourth-order valence-electron chi connectivity index (χ4n) is 3.30. The second-order valence-electron chi connectivity index (χ2n) is 6.65. The van der Waals surface area contributed by atoms with E-state index >= 15 is 0 Å². The number of rotatable bonds is 5. The van der Waals surface area contributed by atoms with Crippen molar-refractivity contribution in [3.63, 3.8) is 0 Å². The quantitative estimate of drug-likeness (QED) is 0.710. The molecule has 1 aliphatic heterocycles. The van der Waals surface area contributed by atoms with E-state index in [1.165, 1.54) is 18.2 Å². The van der Waals surface area contributed by atoms with E-state index in [1.54, 1.807) is 12.3 Å². The molecule has 0 saturated carbocycles. The van der Waals surface area contributed by atoms with E-state index in [-0.39, 0.29) is 31.3 Å². The lowest BCUT2D eigenvalue weighted by Crippen LogP contribution is -2.26. The number of ether oxygens (including phenoxy) is 2. The van der Waals surface area contributed by atoms with Gasteiger partial charge in [-0.2, -0.15) is 0 Å². The Hall–Kier alpha value is -2.55. The molecular weight excluding hydrogens is 383 g/mol. The first-order chi connectivity index (χ1) is 13.4. The number of aryl methyl sites for hydroxylation is 1. The molecule has 0 aliphatic carbocycles. The van der Waals surface area contributed by atoms with Crippen LogP contribution in [0.4, 0.5) is 4.39 Å². The van der Waals surface area contributed by atoms with Gasteiger partial charge in [0.2, 0.25) is 10.0 Å². The smallest absolute Gasteiger partial charge is 0.242 e. The van der Waals surface area contributed by atoms with Crippen molar-refractivity contribution in [1.29, 1.82) is 0 Å². The topological polar surface area (TPSA) is 77.5 Å². The van der Waals surface area contributed by atoms with Crippen LogP contribution in [-0.4, -0.2) is 26.7 Å². The van der Waals surface area contributed by atoms with E-state index in [9.17, 15) is 12.8 Å². The van der Waals surface area contributed by atoms with E-state index in [0.29, 0.717) is 22.4 Å². The van der Waals surface area contributed by atoms with Crippen LogP contribution in [0.15, 0.2) is 47.5 Å². The third kappa shape index (κ3) is 3.71. The molecule has 146 valence electrons. The molecule has 3 aromatic rings. The lowest BCUT2D eigenvalue weighted by Gasteiger charge is -2.21. The standard InChI is InChI=1S/C20H19FN2O4S/c1-13-7-14-3-2-4-18(19(14)22-10-13)28(24,25)23-6-5-15-8-17(21)9-16-11-26-12-27-20(15)16/h2-4,7-10,23H,5-6,11-12H2,1H3. The largest absolute Gasteiger partial charge is 0.467 e. The molecule has 1 aliphatic rings. The van der Waals surface area contributed by atoms with Crippen molar-refractivity contribution in [1.82, 2.24) is 9.71 Å². The number of benzene rings is 2. The predicted molar refractivity (Wildman–Crippen MR) is 102 cm³/mol. The molecule has 28 heavy (non-hydrogen) atoms. The van der Waals surface area contributed by atoms with Gasteiger partial charge < -0.3 is 9.47 Å². The maximum atomic E-state index is 13.8. The molecule has 6 nitrogen and oxygen atoms in total. The van der Waals surface area contributed by atoms with Crippen LogP contribution in [0.1, 0.15) is 16.7 Å². The maximum Gasteiger partial charge on any atom is 0.242 e. The lowest BCUT2D eigenvalue weighted by molar-refractivity contribution is -0.0172. The van der Waals surface area contributed by atoms with Crippen molar-refractivity contribution in [3.05, 3.63) is 65.1 Å². The first-order valence-electron chi connectivity index (χ1n) is 8.81. The predicted octanol–water partition coefficient (Wildman–Crippen LogP) is 3.07. The Balaban J connectivity index is 1.55. The summed E-state index contributed by atoms with van der Waals surface area (Å²) in [5.74, 6) is 0.161. The number of halogens is 1. The minimum absolute atomic E-state index is 0.0957. The Kier molecular flexibility index (Phi) is 5.01. The average molecular weight is 402 g/mol. The second kappa shape index (κ2) is 7.46. The molecular formula is C20H19FN2O4S. The van der Waals surface area contributed by atoms with Crippen LogP contribution in [0.3, 0.4) is 0 Å². The fourth-order valence-corrected chi connectivity index (χ4v) is 4.51. The minimum Gasteiger partial charge on any atom is -0.467 e. The molecule has 4 rings (SSSR count). The molecule has 0 saturated heterocycles. The molecule has 8 heteroatoms. The zero-order valence-electron chi connectivity index (χ0n) is 15.2. The van der Waals surface area contributed by atoms with Crippen molar-refractivity contribution < 1.29 is 22.3 Å². The molecule has 2 heterocycles. The minimum atomic E-state index is -3.77. The zero-order chi connectivity index (χ0) is 19.7. The number of sulfonamides is 1. The number of fused-ring (bicyclic) bond motifs is 2. The van der Waals surface area contributed by atoms with Crippen molar-refractivity contribution >= 4 is 20.9 Å². The van der Waals surface area contributed by atoms with E-state index in [2.05, 4.69) is 9.71 Å². The second-order valence-corrected chi connectivity index (χ2v) is 8.39. The monoisotopic (exact) mass is 402 g/mol. The summed E-state index contributed by atoms with van der Waals surface area (Å²) >= 11 is 0. The number of pyridine rings is 1. The number of nitrogens with zero attached hydrogens (tertiary/aromatic N) is 1. The molecule has 0 atom stereocenters. The fraction of sp³-hybridized carbons (Fsp3) is 0.250. The number of nitrogens with one attached hydrogen (secondary N) is 1. The van der Waals surface area contributed by atoms with Crippen molar-refractivity contribution in [2.24, 2.45) is 0 Å². The summed E-state index contributed by atoms with van der Waals surface area (Å²) in [6.45, 7) is 2.37. The van der Waals surface area contributed by atoms with Crippen molar-refractivity contribution in [3.8, 4) is 5.75 Å². The Morgan fingerprint density at radius 3 is 2.96 bits per heavy atom. The van der Waals surface area contributed by atoms with Gasteiger partial charge in [-0.05, 0) is 48.7 Å². The third-order valence-corrected chi connectivity index (χ3v) is 6.03. The van der Waals surface area contributed by atoms with Crippen LogP contribution < -0.4 is 9.46 Å². The molecule has 0 radical (unpaired) electrons. The van der Waals surface area contributed by atoms with Crippen LogP contribution in [0, 0.1) is 12.7 Å². The van der Waals surface area contributed by atoms with E-state index in [4.69, 9.17) is 9.47 Å². The highest BCUT2D eigenvalue weighted by molar-refractivity contribution is 7.89. The summed E-state index contributed by atoms with van der Waals surface area (Å²) in [5.41, 5.74) is 2.60. The van der Waals surface area contributed by atoms with Gasteiger partial charge in [0.1, 0.15) is 16.5 Å². The molecule has 2 aromatic carbocycles. The normalized spacial score (nSPS) is 13.9. The van der Waals surface area contributed by atoms with Crippen LogP contribution in [0.2, 0.25) is 0 Å². The maximum absolute atomic E-state index is 13.8. The molecule has 1 aromatic heterocycles. The molecule has 0 amide bonds. The van der Waals surface area contributed by atoms with Gasteiger partial charge in [-0.15, -0.1) is 0 Å². The van der Waals surface area contributed by atoms with Gasteiger partial charge in [0.25, 0.3) is 0 Å². The SMILES string of the molecule is Cc1cnc2c(S(=O)(=O)NCCc3cc(F)cc4c3OCOC4)cccc2c1. The van der Waals surface area contributed by atoms with E-state index in [0.717, 1.165) is 10.9 Å². The van der Waals surface area contributed by atoms with Crippen LogP contribution >= 0.6 is 0 Å². The number of hydrogen-bond acceptors (Lipinski definition) is 5. The highest BCUT2D eigenvalue weighted by Gasteiger charge is 2.20. The van der Waals surface area contributed by atoms with Crippen molar-refractivity contribution in [2.45, 2.75) is 24.8 Å². The van der Waals surface area contributed by atoms with Gasteiger partial charge in [0.15, 0.2) is 6.79 Å². The highest BCUT2D eigenvalue weighted by atomic mass is 32.2. The number of aromatic nitrogens is 1. The van der Waals surface area contributed by atoms with Gasteiger partial charge in [-0.3, -0.25) is 4.98 Å². The zero-order valence-corrected chi connectivity index (χ0v) is 16.1. The van der Waals surface area contributed by atoms with Crippen LogP contribution in [0.25, 0.3) is 10.9 Å². The summed E-state index contributed by atoms with van der Waals surface area (Å²) in [6.07, 6.45) is 1.93. The van der Waals surface area contributed by atoms with Crippen molar-refractivity contribution in [2.75, 3.05) is 13.3 Å². The summed E-state index contributed by atoms with van der Waals surface area (Å²) in [5, 5.41) is 0.760. The van der Waals surface area contributed by atoms with Crippen LogP contribution in [0.5, 0.6) is 5.75 Å². The molecule has 1 N–H and O–H groups in total. The van der Waals surface area contributed by atoms with Gasteiger partial charge in [0.05, 0.1) is 12.1 Å². The Morgan fingerprint density at radius 2 is 2.11 bits per heavy atom. The van der Waals surface area contributed by atoms with Gasteiger partial charge in [-0.25, -0.2) is 17.5 Å². The summed E-state index contributed by atoms with van der Waals surface area (Å²) in [4.78, 5) is 4.40. The number of hydrogen-bond donors (Lipinski definition) is 1. The highest BCUT2D eigenvalue weighted by Crippen LogP contribution is 2.30.